The van der Waals surface area contributed by atoms with Gasteiger partial charge in [-0.3, -0.25) is 5.32 Å². The average Bonchev–Trinajstić information content (AvgIpc) is 2.61. The second-order valence-electron chi connectivity index (χ2n) is 6.12. The fraction of sp³-hybridized carbons (Fsp3) is 0.227. The van der Waals surface area contributed by atoms with Crippen molar-refractivity contribution < 1.29 is 10.3 Å². The van der Waals surface area contributed by atoms with Gasteiger partial charge in [0.15, 0.2) is 17.2 Å². The quantitative estimate of drug-likeness (QED) is 0.197. The molecule has 1 aliphatic rings. The van der Waals surface area contributed by atoms with Crippen molar-refractivity contribution in [3.8, 4) is 0 Å². The molecule has 2 rings (SSSR count). The maximum atomic E-state index is 3.68. The van der Waals surface area contributed by atoms with Crippen molar-refractivity contribution in [2.24, 2.45) is 0 Å². The van der Waals surface area contributed by atoms with Crippen molar-refractivity contribution >= 4 is 49.8 Å². The van der Waals surface area contributed by atoms with E-state index in [1.54, 1.807) is 0 Å². The van der Waals surface area contributed by atoms with Gasteiger partial charge in [-0.1, -0.05) is 58.5 Å². The minimum Gasteiger partial charge on any atom is -0.299 e. The molecule has 0 bridgehead atoms. The highest BCUT2D eigenvalue weighted by molar-refractivity contribution is 9.11. The van der Waals surface area contributed by atoms with Crippen LogP contribution in [0.15, 0.2) is 71.3 Å². The first-order chi connectivity index (χ1) is 12.6. The fourth-order valence-electron chi connectivity index (χ4n) is 2.64. The SMILES string of the molecule is C/C=C\C=C/C(Br)[NH2+]c1ccc2c(c1)C=CC([NH+]=C/C=C\C=C(/C)Br)C2. The van der Waals surface area contributed by atoms with Crippen molar-refractivity contribution in [1.82, 2.24) is 0 Å². The van der Waals surface area contributed by atoms with Gasteiger partial charge in [-0.05, 0) is 63.6 Å². The van der Waals surface area contributed by atoms with Gasteiger partial charge in [0.1, 0.15) is 5.69 Å². The van der Waals surface area contributed by atoms with Gasteiger partial charge in [0, 0.05) is 18.6 Å². The summed E-state index contributed by atoms with van der Waals surface area (Å²) < 4.78 is 1.12. The first-order valence-electron chi connectivity index (χ1n) is 8.76. The molecule has 3 N–H and O–H groups in total. The van der Waals surface area contributed by atoms with Gasteiger partial charge >= 0.3 is 0 Å². The van der Waals surface area contributed by atoms with Crippen LogP contribution in [-0.2, 0) is 6.42 Å². The number of nitrogens with one attached hydrogen (secondary N) is 1. The molecule has 4 heteroatoms. The van der Waals surface area contributed by atoms with Crippen LogP contribution in [0.2, 0.25) is 0 Å². The van der Waals surface area contributed by atoms with Crippen molar-refractivity contribution in [2.45, 2.75) is 31.3 Å². The van der Waals surface area contributed by atoms with Gasteiger partial charge in [0.05, 0.1) is 0 Å². The number of fused-ring (bicyclic) bond motifs is 1. The molecular formula is C22H26Br2N2+2. The van der Waals surface area contributed by atoms with E-state index >= 15 is 0 Å². The lowest BCUT2D eigenvalue weighted by Gasteiger charge is -2.14. The molecule has 2 atom stereocenters. The summed E-state index contributed by atoms with van der Waals surface area (Å²) in [5, 5.41) is 2.22. The molecule has 0 radical (unpaired) electrons. The molecule has 0 aromatic heterocycles. The van der Waals surface area contributed by atoms with Crippen LogP contribution < -0.4 is 10.3 Å². The third-order valence-electron chi connectivity index (χ3n) is 3.91. The average molecular weight is 478 g/mol. The summed E-state index contributed by atoms with van der Waals surface area (Å²) in [6.45, 7) is 4.03. The zero-order valence-electron chi connectivity index (χ0n) is 15.2. The molecular weight excluding hydrogens is 452 g/mol. The maximum absolute atomic E-state index is 3.68. The number of halogens is 2. The highest BCUT2D eigenvalue weighted by Gasteiger charge is 2.17. The second-order valence-corrected chi connectivity index (χ2v) is 8.43. The number of quaternary nitrogens is 1. The van der Waals surface area contributed by atoms with Crippen LogP contribution in [0.3, 0.4) is 0 Å². The van der Waals surface area contributed by atoms with Gasteiger partial charge in [0.2, 0.25) is 0 Å². The summed E-state index contributed by atoms with van der Waals surface area (Å²) in [6, 6.07) is 7.03. The zero-order valence-corrected chi connectivity index (χ0v) is 18.4. The smallest absolute Gasteiger partial charge is 0.173 e. The Labute approximate surface area is 173 Å². The predicted octanol–water partition coefficient (Wildman–Crippen LogP) is 3.68. The second kappa shape index (κ2) is 11.3. The number of alkyl halides is 1. The van der Waals surface area contributed by atoms with E-state index in [0.717, 1.165) is 10.9 Å². The molecule has 1 aromatic carbocycles. The summed E-state index contributed by atoms with van der Waals surface area (Å²) in [5.41, 5.74) is 3.92. The van der Waals surface area contributed by atoms with Gasteiger partial charge in [-0.25, -0.2) is 4.99 Å². The largest absolute Gasteiger partial charge is 0.299 e. The molecule has 136 valence electrons. The molecule has 1 aromatic rings. The number of allylic oxidation sites excluding steroid dienone is 7. The minimum absolute atomic E-state index is 0.234. The van der Waals surface area contributed by atoms with E-state index in [4.69, 9.17) is 0 Å². The summed E-state index contributed by atoms with van der Waals surface area (Å²) in [4.78, 5) is 3.67. The number of nitrogens with two attached hydrogens (primary N) is 1. The predicted molar refractivity (Wildman–Crippen MR) is 120 cm³/mol. The normalized spacial score (nSPS) is 19.2. The number of benzene rings is 1. The van der Waals surface area contributed by atoms with Crippen LogP contribution in [0.1, 0.15) is 25.0 Å². The first-order valence-corrected chi connectivity index (χ1v) is 10.5. The lowest BCUT2D eigenvalue weighted by atomic mass is 9.94. The summed E-state index contributed by atoms with van der Waals surface area (Å²) >= 11 is 7.09. The molecule has 26 heavy (non-hydrogen) atoms. The summed E-state index contributed by atoms with van der Waals surface area (Å²) in [7, 11) is 0. The lowest BCUT2D eigenvalue weighted by Crippen LogP contribution is -2.82. The molecule has 0 saturated carbocycles. The molecule has 0 spiro atoms. The highest BCUT2D eigenvalue weighted by Crippen LogP contribution is 2.20. The molecule has 0 saturated heterocycles. The number of hydrogen-bond donors (Lipinski definition) is 2. The molecule has 1 aliphatic carbocycles. The Morgan fingerprint density at radius 1 is 1.27 bits per heavy atom. The third-order valence-corrected chi connectivity index (χ3v) is 4.75. The van der Waals surface area contributed by atoms with Crippen molar-refractivity contribution in [2.75, 3.05) is 0 Å². The Kier molecular flexibility index (Phi) is 9.02. The molecule has 2 nitrogen and oxygen atoms in total. The standard InChI is InChI=1S/C22H24Br2N2/c1-3-4-5-9-22(24)26-21-13-11-18-15-20(12-10-19(18)16-21)25-14-7-6-8-17(2)23/h3-14,16,20,22,26H,15H2,1-2H3/p+2/b4-3-,7-6-,9-5-,17-8+,25-14?. The van der Waals surface area contributed by atoms with Crippen LogP contribution in [0, 0.1) is 0 Å². The summed E-state index contributed by atoms with van der Waals surface area (Å²) in [5.74, 6) is 0. The van der Waals surface area contributed by atoms with E-state index in [1.807, 2.05) is 50.4 Å². The molecule has 0 heterocycles. The Hall–Kier alpha value is -1.49. The molecule has 0 aliphatic heterocycles. The van der Waals surface area contributed by atoms with E-state index in [1.165, 1.54) is 16.8 Å². The van der Waals surface area contributed by atoms with E-state index in [0.29, 0.717) is 6.04 Å². The van der Waals surface area contributed by atoms with Crippen LogP contribution in [0.25, 0.3) is 6.08 Å². The van der Waals surface area contributed by atoms with Crippen molar-refractivity contribution in [3.63, 3.8) is 0 Å². The van der Waals surface area contributed by atoms with Gasteiger partial charge < -0.3 is 0 Å². The fourth-order valence-corrected chi connectivity index (χ4v) is 3.28. The van der Waals surface area contributed by atoms with Gasteiger partial charge in [-0.2, -0.15) is 0 Å². The number of rotatable bonds is 7. The molecule has 0 fully saturated rings. The van der Waals surface area contributed by atoms with Crippen LogP contribution in [0.5, 0.6) is 0 Å². The maximum Gasteiger partial charge on any atom is 0.173 e. The number of hydrogen-bond acceptors (Lipinski definition) is 0. The van der Waals surface area contributed by atoms with E-state index < -0.39 is 0 Å². The van der Waals surface area contributed by atoms with E-state index in [-0.39, 0.29) is 4.95 Å². The van der Waals surface area contributed by atoms with Gasteiger partial charge in [0.25, 0.3) is 0 Å². The van der Waals surface area contributed by atoms with Crippen LogP contribution >= 0.6 is 31.9 Å². The Balaban J connectivity index is 1.96. The minimum atomic E-state index is 0.234. The lowest BCUT2D eigenvalue weighted by molar-refractivity contribution is -0.573. The molecule has 2 unspecified atom stereocenters. The van der Waals surface area contributed by atoms with Gasteiger partial charge in [-0.15, -0.1) is 0 Å². The van der Waals surface area contributed by atoms with Crippen molar-refractivity contribution in [1.29, 1.82) is 0 Å². The monoisotopic (exact) mass is 476 g/mol. The highest BCUT2D eigenvalue weighted by atomic mass is 79.9. The van der Waals surface area contributed by atoms with Crippen LogP contribution in [-0.4, -0.2) is 17.2 Å². The summed E-state index contributed by atoms with van der Waals surface area (Å²) in [6.07, 6.45) is 21.8. The van der Waals surface area contributed by atoms with Crippen LogP contribution in [0.4, 0.5) is 5.69 Å². The van der Waals surface area contributed by atoms with Crippen molar-refractivity contribution in [3.05, 3.63) is 82.4 Å². The molecule has 0 amide bonds. The Morgan fingerprint density at radius 2 is 2.12 bits per heavy atom. The Bertz CT molecular complexity index is 766. The van der Waals surface area contributed by atoms with E-state index in [2.05, 4.69) is 84.7 Å². The third kappa shape index (κ3) is 7.40. The zero-order chi connectivity index (χ0) is 18.8. The Morgan fingerprint density at radius 3 is 2.88 bits per heavy atom. The van der Waals surface area contributed by atoms with E-state index in [9.17, 15) is 0 Å². The first kappa shape index (κ1) is 20.8. The topological polar surface area (TPSA) is 30.6 Å².